The molecule has 2 heterocycles. The summed E-state index contributed by atoms with van der Waals surface area (Å²) in [5, 5.41) is 12.0. The topological polar surface area (TPSA) is 90.9 Å². The lowest BCUT2D eigenvalue weighted by Crippen LogP contribution is -2.17. The molecule has 2 aromatic heterocycles. The van der Waals surface area contributed by atoms with E-state index in [1.54, 1.807) is 12.1 Å². The van der Waals surface area contributed by atoms with Crippen LogP contribution in [-0.2, 0) is 17.1 Å². The average Bonchev–Trinajstić information content (AvgIpc) is 2.70. The highest BCUT2D eigenvalue weighted by Crippen LogP contribution is 2.29. The van der Waals surface area contributed by atoms with Gasteiger partial charge in [-0.3, -0.25) is 4.57 Å². The molecular weight excluding hydrogens is 272 g/mol. The molecule has 0 amide bonds. The Labute approximate surface area is 101 Å². The zero-order valence-electron chi connectivity index (χ0n) is 8.08. The number of hydrogen-bond donors (Lipinski definition) is 1. The number of primary sulfonamides is 1. The Balaban J connectivity index is 2.58. The Hall–Kier alpha value is -0.960. The van der Waals surface area contributed by atoms with Crippen molar-refractivity contribution in [3.63, 3.8) is 0 Å². The van der Waals surface area contributed by atoms with E-state index < -0.39 is 10.0 Å². The molecular formula is C7H7ClN4O2S2. The summed E-state index contributed by atoms with van der Waals surface area (Å²) >= 11 is 7.06. The maximum atomic E-state index is 11.1. The number of aromatic nitrogens is 3. The van der Waals surface area contributed by atoms with Crippen LogP contribution in [0.1, 0.15) is 0 Å². The zero-order chi connectivity index (χ0) is 11.9. The fraction of sp³-hybridized carbons (Fsp3) is 0.143. The van der Waals surface area contributed by atoms with Crippen LogP contribution in [0.25, 0.3) is 10.7 Å². The van der Waals surface area contributed by atoms with Gasteiger partial charge in [-0.1, -0.05) is 11.6 Å². The van der Waals surface area contributed by atoms with E-state index in [0.29, 0.717) is 10.2 Å². The van der Waals surface area contributed by atoms with Gasteiger partial charge in [-0.25, -0.2) is 13.6 Å². The Kier molecular flexibility index (Phi) is 2.74. The molecule has 16 heavy (non-hydrogen) atoms. The molecule has 0 aliphatic rings. The first-order valence-electron chi connectivity index (χ1n) is 4.07. The van der Waals surface area contributed by atoms with E-state index in [2.05, 4.69) is 10.2 Å². The van der Waals surface area contributed by atoms with Gasteiger partial charge in [0.2, 0.25) is 0 Å². The molecule has 0 spiro atoms. The summed E-state index contributed by atoms with van der Waals surface area (Å²) in [7, 11) is -2.32. The van der Waals surface area contributed by atoms with E-state index in [0.717, 1.165) is 4.88 Å². The van der Waals surface area contributed by atoms with E-state index in [1.165, 1.54) is 23.0 Å². The lowest BCUT2D eigenvalue weighted by molar-refractivity contribution is 0.580. The molecule has 0 unspecified atom stereocenters. The Morgan fingerprint density at radius 1 is 1.44 bits per heavy atom. The van der Waals surface area contributed by atoms with Gasteiger partial charge in [0.1, 0.15) is 0 Å². The minimum Gasteiger partial charge on any atom is -0.299 e. The molecule has 2 aromatic rings. The number of rotatable bonds is 2. The molecule has 86 valence electrons. The second kappa shape index (κ2) is 3.81. The molecule has 0 saturated heterocycles. The van der Waals surface area contributed by atoms with Gasteiger partial charge in [-0.2, -0.15) is 0 Å². The van der Waals surface area contributed by atoms with Crippen molar-refractivity contribution >= 4 is 33.0 Å². The fourth-order valence-corrected chi connectivity index (χ4v) is 2.90. The quantitative estimate of drug-likeness (QED) is 0.881. The van der Waals surface area contributed by atoms with Crippen LogP contribution < -0.4 is 5.14 Å². The van der Waals surface area contributed by atoms with Crippen LogP contribution in [0.15, 0.2) is 17.3 Å². The maximum Gasteiger partial charge on any atom is 0.273 e. The van der Waals surface area contributed by atoms with Crippen LogP contribution in [0.4, 0.5) is 0 Å². The van der Waals surface area contributed by atoms with Crippen LogP contribution in [0.5, 0.6) is 0 Å². The molecule has 0 aliphatic carbocycles. The number of hydrogen-bond acceptors (Lipinski definition) is 5. The summed E-state index contributed by atoms with van der Waals surface area (Å²) < 4.78 is 24.2. The first-order valence-corrected chi connectivity index (χ1v) is 6.81. The van der Waals surface area contributed by atoms with Crippen LogP contribution >= 0.6 is 22.9 Å². The van der Waals surface area contributed by atoms with Crippen molar-refractivity contribution in [3.8, 4) is 10.7 Å². The van der Waals surface area contributed by atoms with E-state index >= 15 is 0 Å². The van der Waals surface area contributed by atoms with Crippen molar-refractivity contribution in [1.29, 1.82) is 0 Å². The third-order valence-electron chi connectivity index (χ3n) is 1.88. The molecule has 6 nitrogen and oxygen atoms in total. The summed E-state index contributed by atoms with van der Waals surface area (Å²) in [6, 6.07) is 3.44. The standard InChI is InChI=1S/C7H7ClN4O2S2/c1-12-6(4-2-3-5(8)15-4)10-11-7(12)16(9,13)14/h2-3H,1H3,(H2,9,13,14). The highest BCUT2D eigenvalue weighted by Gasteiger charge is 2.20. The van der Waals surface area contributed by atoms with Crippen molar-refractivity contribution < 1.29 is 8.42 Å². The Bertz CT molecular complexity index is 631. The monoisotopic (exact) mass is 278 g/mol. The summed E-state index contributed by atoms with van der Waals surface area (Å²) in [5.74, 6) is 0.418. The smallest absolute Gasteiger partial charge is 0.273 e. The van der Waals surface area contributed by atoms with Gasteiger partial charge in [0.15, 0.2) is 5.82 Å². The average molecular weight is 279 g/mol. The second-order valence-electron chi connectivity index (χ2n) is 3.01. The first-order chi connectivity index (χ1) is 7.39. The molecule has 0 saturated carbocycles. The molecule has 0 fully saturated rings. The third-order valence-corrected chi connectivity index (χ3v) is 3.97. The predicted octanol–water partition coefficient (Wildman–Crippen LogP) is 0.844. The highest BCUT2D eigenvalue weighted by molar-refractivity contribution is 7.89. The van der Waals surface area contributed by atoms with Gasteiger partial charge in [0, 0.05) is 7.05 Å². The number of sulfonamides is 1. The molecule has 0 bridgehead atoms. The molecule has 0 radical (unpaired) electrons. The van der Waals surface area contributed by atoms with Gasteiger partial charge in [-0.05, 0) is 12.1 Å². The fourth-order valence-electron chi connectivity index (χ4n) is 1.21. The molecule has 0 atom stereocenters. The van der Waals surface area contributed by atoms with E-state index in [1.807, 2.05) is 0 Å². The largest absolute Gasteiger partial charge is 0.299 e. The predicted molar refractivity (Wildman–Crippen MR) is 60.7 cm³/mol. The highest BCUT2D eigenvalue weighted by atomic mass is 35.5. The number of halogens is 1. The van der Waals surface area contributed by atoms with Crippen LogP contribution in [0.3, 0.4) is 0 Å². The summed E-state index contributed by atoms with van der Waals surface area (Å²) in [6.45, 7) is 0. The minimum absolute atomic E-state index is 0.271. The van der Waals surface area contributed by atoms with Crippen molar-refractivity contribution in [2.45, 2.75) is 5.16 Å². The summed E-state index contributed by atoms with van der Waals surface area (Å²) in [4.78, 5) is 0.731. The molecule has 0 aromatic carbocycles. The van der Waals surface area contributed by atoms with Gasteiger partial charge in [0.25, 0.3) is 15.2 Å². The Morgan fingerprint density at radius 2 is 2.12 bits per heavy atom. The molecule has 2 rings (SSSR count). The van der Waals surface area contributed by atoms with Crippen LogP contribution in [0.2, 0.25) is 4.34 Å². The molecule has 0 aliphatic heterocycles. The SMILES string of the molecule is Cn1c(-c2ccc(Cl)s2)nnc1S(N)(=O)=O. The number of thiophene rings is 1. The summed E-state index contributed by atoms with van der Waals surface area (Å²) in [5.41, 5.74) is 0. The van der Waals surface area contributed by atoms with Gasteiger partial charge >= 0.3 is 0 Å². The number of nitrogens with zero attached hydrogens (tertiary/aromatic N) is 3. The van der Waals surface area contributed by atoms with Crippen molar-refractivity contribution in [3.05, 3.63) is 16.5 Å². The van der Waals surface area contributed by atoms with E-state index in [-0.39, 0.29) is 5.16 Å². The number of nitrogens with two attached hydrogens (primary N) is 1. The maximum absolute atomic E-state index is 11.1. The molecule has 2 N–H and O–H groups in total. The van der Waals surface area contributed by atoms with Crippen LogP contribution in [0, 0.1) is 0 Å². The van der Waals surface area contributed by atoms with Gasteiger partial charge < -0.3 is 0 Å². The van der Waals surface area contributed by atoms with E-state index in [4.69, 9.17) is 16.7 Å². The van der Waals surface area contributed by atoms with Gasteiger partial charge in [0.05, 0.1) is 9.21 Å². The van der Waals surface area contributed by atoms with E-state index in [9.17, 15) is 8.42 Å². The van der Waals surface area contributed by atoms with Crippen molar-refractivity contribution in [2.75, 3.05) is 0 Å². The second-order valence-corrected chi connectivity index (χ2v) is 6.18. The van der Waals surface area contributed by atoms with Crippen LogP contribution in [-0.4, -0.2) is 23.2 Å². The zero-order valence-corrected chi connectivity index (χ0v) is 10.5. The van der Waals surface area contributed by atoms with Crippen molar-refractivity contribution in [2.24, 2.45) is 12.2 Å². The Morgan fingerprint density at radius 3 is 2.56 bits per heavy atom. The molecule has 9 heteroatoms. The lowest BCUT2D eigenvalue weighted by Gasteiger charge is -1.99. The minimum atomic E-state index is -3.85. The third kappa shape index (κ3) is 1.96. The normalized spacial score (nSPS) is 11.9. The van der Waals surface area contributed by atoms with Crippen molar-refractivity contribution in [1.82, 2.24) is 14.8 Å². The first kappa shape index (κ1) is 11.5. The lowest BCUT2D eigenvalue weighted by atomic mass is 10.4. The summed E-state index contributed by atoms with van der Waals surface area (Å²) in [6.07, 6.45) is 0. The van der Waals surface area contributed by atoms with Gasteiger partial charge in [-0.15, -0.1) is 21.5 Å².